The zero-order chi connectivity index (χ0) is 17.4. The van der Waals surface area contributed by atoms with Gasteiger partial charge in [0.15, 0.2) is 0 Å². The summed E-state index contributed by atoms with van der Waals surface area (Å²) in [6.07, 6.45) is 1.04. The van der Waals surface area contributed by atoms with Gasteiger partial charge in [-0.25, -0.2) is 0 Å². The predicted molar refractivity (Wildman–Crippen MR) is 94.1 cm³/mol. The smallest absolute Gasteiger partial charge is 0.238 e. The topological polar surface area (TPSA) is 93.4 Å². The van der Waals surface area contributed by atoms with Crippen LogP contribution >= 0.6 is 0 Å². The van der Waals surface area contributed by atoms with Crippen LogP contribution in [0.1, 0.15) is 12.0 Å². The van der Waals surface area contributed by atoms with Gasteiger partial charge in [0.1, 0.15) is 5.75 Å². The molecule has 4 N–H and O–H groups in total. The van der Waals surface area contributed by atoms with Crippen LogP contribution in [0.2, 0.25) is 0 Å². The molecule has 0 bridgehead atoms. The van der Waals surface area contributed by atoms with Crippen molar-refractivity contribution in [3.8, 4) is 5.75 Å². The van der Waals surface area contributed by atoms with Gasteiger partial charge in [-0.15, -0.1) is 0 Å². The molecule has 0 aromatic heterocycles. The highest BCUT2D eigenvalue weighted by Crippen LogP contribution is 2.28. The monoisotopic (exact) mass is 327 g/mol. The van der Waals surface area contributed by atoms with Crippen molar-refractivity contribution >= 4 is 23.2 Å². The molecule has 0 aliphatic carbocycles. The van der Waals surface area contributed by atoms with E-state index in [-0.39, 0.29) is 18.4 Å². The highest BCUT2D eigenvalue weighted by molar-refractivity contribution is 5.95. The first kappa shape index (κ1) is 17.5. The second-order valence-corrected chi connectivity index (χ2v) is 5.20. The molecule has 2 rings (SSSR count). The molecular weight excluding hydrogens is 306 g/mol. The minimum atomic E-state index is -0.295. The van der Waals surface area contributed by atoms with Crippen LogP contribution in [0.3, 0.4) is 0 Å². The van der Waals surface area contributed by atoms with Crippen LogP contribution in [0.25, 0.3) is 0 Å². The van der Waals surface area contributed by atoms with Gasteiger partial charge in [0.2, 0.25) is 11.8 Å². The number of benzene rings is 2. The van der Waals surface area contributed by atoms with Crippen LogP contribution in [-0.2, 0) is 16.0 Å². The van der Waals surface area contributed by atoms with Gasteiger partial charge in [0.05, 0.1) is 19.3 Å². The summed E-state index contributed by atoms with van der Waals surface area (Å²) >= 11 is 0. The molecule has 0 aliphatic heterocycles. The molecule has 0 atom stereocenters. The lowest BCUT2D eigenvalue weighted by atomic mass is 10.1. The first-order valence-corrected chi connectivity index (χ1v) is 7.64. The number of hydrogen-bond acceptors (Lipinski definition) is 4. The van der Waals surface area contributed by atoms with Crippen molar-refractivity contribution in [2.75, 3.05) is 24.3 Å². The maximum absolute atomic E-state index is 12.1. The Morgan fingerprint density at radius 2 is 1.79 bits per heavy atom. The minimum absolute atomic E-state index is 0.0969. The third kappa shape index (κ3) is 5.10. The summed E-state index contributed by atoms with van der Waals surface area (Å²) < 4.78 is 5.27. The lowest BCUT2D eigenvalue weighted by Gasteiger charge is -2.12. The Balaban J connectivity index is 1.98. The van der Waals surface area contributed by atoms with E-state index in [1.165, 1.54) is 7.11 Å². The number of amides is 2. The van der Waals surface area contributed by atoms with Crippen LogP contribution in [0.4, 0.5) is 11.4 Å². The molecule has 0 spiro atoms. The molecule has 0 aliphatic rings. The largest absolute Gasteiger partial charge is 0.494 e. The molecule has 0 fully saturated rings. The first-order chi connectivity index (χ1) is 11.6. The summed E-state index contributed by atoms with van der Waals surface area (Å²) in [5.41, 5.74) is 7.49. The molecule has 0 saturated heterocycles. The van der Waals surface area contributed by atoms with Gasteiger partial charge in [-0.3, -0.25) is 9.59 Å². The van der Waals surface area contributed by atoms with Crippen molar-refractivity contribution in [2.45, 2.75) is 12.8 Å². The third-order valence-corrected chi connectivity index (χ3v) is 3.43. The Morgan fingerprint density at radius 1 is 1.04 bits per heavy atom. The number of aryl methyl sites for hydroxylation is 1. The molecule has 0 radical (unpaired) electrons. The van der Waals surface area contributed by atoms with Crippen LogP contribution < -0.4 is 21.1 Å². The molecule has 0 unspecified atom stereocenters. The first-order valence-electron chi connectivity index (χ1n) is 7.64. The number of ether oxygens (including phenoxy) is 1. The molecule has 126 valence electrons. The highest BCUT2D eigenvalue weighted by atomic mass is 16.5. The van der Waals surface area contributed by atoms with Gasteiger partial charge < -0.3 is 21.1 Å². The van der Waals surface area contributed by atoms with E-state index < -0.39 is 0 Å². The molecule has 2 aromatic carbocycles. The average Bonchev–Trinajstić information content (AvgIpc) is 2.62. The van der Waals surface area contributed by atoms with E-state index in [4.69, 9.17) is 10.5 Å². The van der Waals surface area contributed by atoms with E-state index in [2.05, 4.69) is 10.6 Å². The van der Waals surface area contributed by atoms with Crippen LogP contribution in [0.15, 0.2) is 48.5 Å². The van der Waals surface area contributed by atoms with Crippen LogP contribution in [0, 0.1) is 0 Å². The van der Waals surface area contributed by atoms with E-state index in [9.17, 15) is 9.59 Å². The second kappa shape index (κ2) is 8.69. The number of hydrogen-bond donors (Lipinski definition) is 3. The lowest BCUT2D eigenvalue weighted by Crippen LogP contribution is -2.21. The molecule has 2 aromatic rings. The van der Waals surface area contributed by atoms with Crippen molar-refractivity contribution in [2.24, 2.45) is 5.73 Å². The molecule has 6 nitrogen and oxygen atoms in total. The standard InChI is InChI=1S/C18H21N3O3/c1-24-16-11-14(20-18(23)12-19)8-9-15(16)21-17(22)10-7-13-5-3-2-4-6-13/h2-6,8-9,11H,7,10,12,19H2,1H3,(H,20,23)(H,21,22). The van der Waals surface area contributed by atoms with Gasteiger partial charge in [-0.2, -0.15) is 0 Å². The number of methoxy groups -OCH3 is 1. The predicted octanol–water partition coefficient (Wildman–Crippen LogP) is 2.16. The van der Waals surface area contributed by atoms with E-state index in [0.29, 0.717) is 30.0 Å². The third-order valence-electron chi connectivity index (χ3n) is 3.43. The Labute approximate surface area is 141 Å². The van der Waals surface area contributed by atoms with E-state index in [0.717, 1.165) is 5.56 Å². The van der Waals surface area contributed by atoms with Gasteiger partial charge in [-0.1, -0.05) is 30.3 Å². The lowest BCUT2D eigenvalue weighted by molar-refractivity contribution is -0.116. The Morgan fingerprint density at radius 3 is 2.46 bits per heavy atom. The van der Waals surface area contributed by atoms with E-state index in [1.54, 1.807) is 18.2 Å². The average molecular weight is 327 g/mol. The van der Waals surface area contributed by atoms with Gasteiger partial charge in [-0.05, 0) is 24.1 Å². The number of rotatable bonds is 7. The van der Waals surface area contributed by atoms with Gasteiger partial charge in [0.25, 0.3) is 0 Å². The summed E-state index contributed by atoms with van der Waals surface area (Å²) in [6.45, 7) is -0.0969. The fourth-order valence-corrected chi connectivity index (χ4v) is 2.20. The second-order valence-electron chi connectivity index (χ2n) is 5.20. The van der Waals surface area contributed by atoms with Crippen molar-refractivity contribution in [1.82, 2.24) is 0 Å². The fourth-order valence-electron chi connectivity index (χ4n) is 2.20. The Bertz CT molecular complexity index is 702. The highest BCUT2D eigenvalue weighted by Gasteiger charge is 2.10. The summed E-state index contributed by atoms with van der Waals surface area (Å²) in [4.78, 5) is 23.4. The number of carbonyl (C=O) groups excluding carboxylic acids is 2. The Kier molecular flexibility index (Phi) is 6.33. The maximum atomic E-state index is 12.1. The van der Waals surface area contributed by atoms with Crippen molar-refractivity contribution in [1.29, 1.82) is 0 Å². The number of nitrogens with one attached hydrogen (secondary N) is 2. The van der Waals surface area contributed by atoms with Gasteiger partial charge in [0, 0.05) is 18.2 Å². The molecule has 2 amide bonds. The number of nitrogens with two attached hydrogens (primary N) is 1. The van der Waals surface area contributed by atoms with E-state index in [1.807, 2.05) is 30.3 Å². The number of anilines is 2. The minimum Gasteiger partial charge on any atom is -0.494 e. The zero-order valence-electron chi connectivity index (χ0n) is 13.5. The van der Waals surface area contributed by atoms with Crippen LogP contribution in [-0.4, -0.2) is 25.5 Å². The normalized spacial score (nSPS) is 10.1. The Hall–Kier alpha value is -2.86. The zero-order valence-corrected chi connectivity index (χ0v) is 13.5. The summed E-state index contributed by atoms with van der Waals surface area (Å²) in [5, 5.41) is 5.46. The van der Waals surface area contributed by atoms with Crippen molar-refractivity contribution < 1.29 is 14.3 Å². The fraction of sp³-hybridized carbons (Fsp3) is 0.222. The summed E-state index contributed by atoms with van der Waals surface area (Å²) in [7, 11) is 1.50. The van der Waals surface area contributed by atoms with Crippen molar-refractivity contribution in [3.05, 3.63) is 54.1 Å². The van der Waals surface area contributed by atoms with Crippen LogP contribution in [0.5, 0.6) is 5.75 Å². The summed E-state index contributed by atoms with van der Waals surface area (Å²) in [5.74, 6) is 0.0745. The van der Waals surface area contributed by atoms with Crippen molar-refractivity contribution in [3.63, 3.8) is 0 Å². The van der Waals surface area contributed by atoms with E-state index >= 15 is 0 Å². The molecule has 6 heteroatoms. The quantitative estimate of drug-likeness (QED) is 0.726. The molecule has 0 heterocycles. The van der Waals surface area contributed by atoms with Gasteiger partial charge >= 0.3 is 0 Å². The number of carbonyl (C=O) groups is 2. The molecule has 24 heavy (non-hydrogen) atoms. The molecular formula is C18H21N3O3. The molecule has 0 saturated carbocycles. The SMILES string of the molecule is COc1cc(NC(=O)CN)ccc1NC(=O)CCc1ccccc1. The maximum Gasteiger partial charge on any atom is 0.238 e. The summed E-state index contributed by atoms with van der Waals surface area (Å²) in [6, 6.07) is 14.8.